The Bertz CT molecular complexity index is 946. The monoisotopic (exact) mass is 420 g/mol. The molecule has 1 N–H and O–H groups in total. The van der Waals surface area contributed by atoms with Gasteiger partial charge in [0.15, 0.2) is 6.10 Å². The average Bonchev–Trinajstić information content (AvgIpc) is 2.92. The zero-order valence-electron chi connectivity index (χ0n) is 16.3. The van der Waals surface area contributed by atoms with Crippen molar-refractivity contribution < 1.29 is 19.1 Å². The number of hydrogen-bond acceptors (Lipinski definition) is 6. The number of thiophene rings is 1. The van der Waals surface area contributed by atoms with Crippen molar-refractivity contribution >= 4 is 39.8 Å². The summed E-state index contributed by atoms with van der Waals surface area (Å²) in [6, 6.07) is 7.14. The standard InChI is InChI=1S/C20H21ClN2O4S/c1-10(2)26-20(25)17-12(4)15(9-22)19(28-17)23-18(24)13(5)27-16-7-6-14(21)8-11(16)3/h6-8,10,13H,1-5H3,(H,23,24)/t13-/m1/s1. The second-order valence-electron chi connectivity index (χ2n) is 6.49. The molecule has 1 aromatic carbocycles. The number of aryl methyl sites for hydroxylation is 1. The third kappa shape index (κ3) is 5.03. The third-order valence-electron chi connectivity index (χ3n) is 3.83. The molecule has 1 amide bonds. The van der Waals surface area contributed by atoms with E-state index in [1.807, 2.05) is 13.0 Å². The van der Waals surface area contributed by atoms with Gasteiger partial charge in [0.2, 0.25) is 0 Å². The minimum atomic E-state index is -0.820. The smallest absolute Gasteiger partial charge is 0.348 e. The highest BCUT2D eigenvalue weighted by Gasteiger charge is 2.25. The first-order valence-electron chi connectivity index (χ1n) is 8.62. The van der Waals surface area contributed by atoms with Crippen molar-refractivity contribution in [3.05, 3.63) is 44.8 Å². The quantitative estimate of drug-likeness (QED) is 0.674. The van der Waals surface area contributed by atoms with Crippen LogP contribution < -0.4 is 10.1 Å². The average molecular weight is 421 g/mol. The first kappa shape index (κ1) is 21.7. The van der Waals surface area contributed by atoms with Gasteiger partial charge in [0.1, 0.15) is 21.7 Å². The Balaban J connectivity index is 2.18. The number of esters is 1. The minimum Gasteiger partial charge on any atom is -0.481 e. The van der Waals surface area contributed by atoms with E-state index in [-0.39, 0.29) is 11.7 Å². The Morgan fingerprint density at radius 2 is 1.93 bits per heavy atom. The van der Waals surface area contributed by atoms with Gasteiger partial charge in [0.05, 0.1) is 11.7 Å². The lowest BCUT2D eigenvalue weighted by Crippen LogP contribution is -2.30. The molecule has 0 aliphatic rings. The van der Waals surface area contributed by atoms with Crippen LogP contribution >= 0.6 is 22.9 Å². The second-order valence-corrected chi connectivity index (χ2v) is 7.94. The van der Waals surface area contributed by atoms with Crippen LogP contribution in [0.25, 0.3) is 0 Å². The van der Waals surface area contributed by atoms with Gasteiger partial charge in [-0.15, -0.1) is 11.3 Å². The maximum absolute atomic E-state index is 12.6. The van der Waals surface area contributed by atoms with Gasteiger partial charge in [-0.25, -0.2) is 4.79 Å². The molecule has 1 heterocycles. The molecular formula is C20H21ClN2O4S. The summed E-state index contributed by atoms with van der Waals surface area (Å²) in [6.45, 7) is 8.57. The molecule has 0 fully saturated rings. The summed E-state index contributed by atoms with van der Waals surface area (Å²) < 4.78 is 10.9. The molecule has 1 aromatic heterocycles. The highest BCUT2D eigenvalue weighted by Crippen LogP contribution is 2.33. The van der Waals surface area contributed by atoms with E-state index in [0.717, 1.165) is 16.9 Å². The van der Waals surface area contributed by atoms with E-state index in [4.69, 9.17) is 21.1 Å². The van der Waals surface area contributed by atoms with Gasteiger partial charge in [-0.3, -0.25) is 4.79 Å². The largest absolute Gasteiger partial charge is 0.481 e. The van der Waals surface area contributed by atoms with Gasteiger partial charge in [-0.2, -0.15) is 5.26 Å². The van der Waals surface area contributed by atoms with E-state index in [1.54, 1.807) is 45.9 Å². The third-order valence-corrected chi connectivity index (χ3v) is 5.26. The van der Waals surface area contributed by atoms with Crippen molar-refractivity contribution in [2.75, 3.05) is 5.32 Å². The molecule has 2 rings (SSSR count). The van der Waals surface area contributed by atoms with Crippen LogP contribution in [-0.2, 0) is 9.53 Å². The van der Waals surface area contributed by atoms with Gasteiger partial charge >= 0.3 is 5.97 Å². The molecule has 0 saturated carbocycles. The van der Waals surface area contributed by atoms with Gasteiger partial charge in [-0.05, 0) is 63.9 Å². The first-order chi connectivity index (χ1) is 13.1. The number of benzene rings is 1. The van der Waals surface area contributed by atoms with Crippen LogP contribution in [0.5, 0.6) is 5.75 Å². The van der Waals surface area contributed by atoms with E-state index in [2.05, 4.69) is 5.32 Å². The first-order valence-corrected chi connectivity index (χ1v) is 9.81. The number of carbonyl (C=O) groups is 2. The maximum atomic E-state index is 12.6. The summed E-state index contributed by atoms with van der Waals surface area (Å²) in [5.74, 6) is -0.414. The molecule has 0 bridgehead atoms. The topological polar surface area (TPSA) is 88.4 Å². The number of nitrogens with zero attached hydrogens (tertiary/aromatic N) is 1. The fraction of sp³-hybridized carbons (Fsp3) is 0.350. The van der Waals surface area contributed by atoms with E-state index >= 15 is 0 Å². The SMILES string of the molecule is Cc1cc(Cl)ccc1O[C@H](C)C(=O)Nc1sc(C(=O)OC(C)C)c(C)c1C#N. The zero-order valence-corrected chi connectivity index (χ0v) is 17.8. The summed E-state index contributed by atoms with van der Waals surface area (Å²) >= 11 is 6.94. The number of rotatable bonds is 6. The van der Waals surface area contributed by atoms with Crippen LogP contribution in [0.2, 0.25) is 5.02 Å². The van der Waals surface area contributed by atoms with E-state index in [1.165, 1.54) is 0 Å². The van der Waals surface area contributed by atoms with Crippen LogP contribution in [0.1, 0.15) is 47.1 Å². The summed E-state index contributed by atoms with van der Waals surface area (Å²) in [5, 5.41) is 13.0. The molecule has 0 saturated heterocycles. The molecule has 0 aliphatic carbocycles. The number of nitriles is 1. The van der Waals surface area contributed by atoms with Crippen LogP contribution in [0.4, 0.5) is 5.00 Å². The lowest BCUT2D eigenvalue weighted by Gasteiger charge is -2.16. The molecule has 6 nitrogen and oxygen atoms in total. The summed E-state index contributed by atoms with van der Waals surface area (Å²) in [6.07, 6.45) is -1.10. The van der Waals surface area contributed by atoms with Crippen LogP contribution in [0, 0.1) is 25.2 Å². The number of anilines is 1. The molecule has 2 aromatic rings. The Kier molecular flexibility index (Phi) is 7.05. The summed E-state index contributed by atoms with van der Waals surface area (Å²) in [4.78, 5) is 25.1. The number of ether oxygens (including phenoxy) is 2. The van der Waals surface area contributed by atoms with Crippen molar-refractivity contribution in [1.82, 2.24) is 0 Å². The Morgan fingerprint density at radius 3 is 2.50 bits per heavy atom. The molecule has 8 heteroatoms. The summed E-state index contributed by atoms with van der Waals surface area (Å²) in [7, 11) is 0. The Morgan fingerprint density at radius 1 is 1.25 bits per heavy atom. The van der Waals surface area contributed by atoms with Crippen LogP contribution in [-0.4, -0.2) is 24.1 Å². The van der Waals surface area contributed by atoms with Crippen molar-refractivity contribution in [2.45, 2.75) is 46.8 Å². The number of carbonyl (C=O) groups excluding carboxylic acids is 2. The van der Waals surface area contributed by atoms with Crippen LogP contribution in [0.3, 0.4) is 0 Å². The van der Waals surface area contributed by atoms with E-state index in [0.29, 0.717) is 26.2 Å². The van der Waals surface area contributed by atoms with E-state index < -0.39 is 18.0 Å². The molecule has 148 valence electrons. The molecule has 0 unspecified atom stereocenters. The lowest BCUT2D eigenvalue weighted by atomic mass is 10.1. The van der Waals surface area contributed by atoms with Gasteiger partial charge in [0, 0.05) is 5.02 Å². The summed E-state index contributed by atoms with van der Waals surface area (Å²) in [5.41, 5.74) is 1.52. The molecular weight excluding hydrogens is 400 g/mol. The predicted octanol–water partition coefficient (Wildman–Crippen LogP) is 4.86. The number of halogens is 1. The normalized spacial score (nSPS) is 11.6. The van der Waals surface area contributed by atoms with Gasteiger partial charge < -0.3 is 14.8 Å². The number of amides is 1. The fourth-order valence-corrected chi connectivity index (χ4v) is 3.67. The second kappa shape index (κ2) is 9.09. The van der Waals surface area contributed by atoms with Crippen molar-refractivity contribution in [2.24, 2.45) is 0 Å². The highest BCUT2D eigenvalue weighted by atomic mass is 35.5. The fourth-order valence-electron chi connectivity index (χ4n) is 2.40. The highest BCUT2D eigenvalue weighted by molar-refractivity contribution is 7.18. The molecule has 0 aliphatic heterocycles. The number of hydrogen-bond donors (Lipinski definition) is 1. The molecule has 28 heavy (non-hydrogen) atoms. The molecule has 0 spiro atoms. The number of nitrogens with one attached hydrogen (secondary N) is 1. The molecule has 1 atom stereocenters. The Hall–Kier alpha value is -2.56. The zero-order chi connectivity index (χ0) is 21.0. The van der Waals surface area contributed by atoms with Gasteiger partial charge in [-0.1, -0.05) is 11.6 Å². The van der Waals surface area contributed by atoms with Crippen molar-refractivity contribution in [3.63, 3.8) is 0 Å². The van der Waals surface area contributed by atoms with Crippen molar-refractivity contribution in [1.29, 1.82) is 5.26 Å². The molecule has 0 radical (unpaired) electrons. The van der Waals surface area contributed by atoms with Gasteiger partial charge in [0.25, 0.3) is 5.91 Å². The Labute approximate surface area is 173 Å². The van der Waals surface area contributed by atoms with Crippen LogP contribution in [0.15, 0.2) is 18.2 Å². The minimum absolute atomic E-state index is 0.240. The van der Waals surface area contributed by atoms with Crippen molar-refractivity contribution in [3.8, 4) is 11.8 Å². The lowest BCUT2D eigenvalue weighted by molar-refractivity contribution is -0.122. The van der Waals surface area contributed by atoms with E-state index in [9.17, 15) is 14.9 Å². The predicted molar refractivity (Wildman–Crippen MR) is 109 cm³/mol. The maximum Gasteiger partial charge on any atom is 0.348 e.